The minimum Gasteiger partial charge on any atom is -0.333 e. The van der Waals surface area contributed by atoms with Gasteiger partial charge in [-0.3, -0.25) is 4.79 Å². The number of hydrogen-bond donors (Lipinski definition) is 1. The minimum atomic E-state index is 0. The van der Waals surface area contributed by atoms with Crippen LogP contribution in [0.2, 0.25) is 0 Å². The molecular weight excluding hydrogens is 320 g/mol. The Morgan fingerprint density at radius 1 is 1.12 bits per heavy atom. The first-order chi connectivity index (χ1) is 11.2. The topological polar surface area (TPSA) is 32.3 Å². The van der Waals surface area contributed by atoms with Crippen molar-refractivity contribution in [1.29, 1.82) is 0 Å². The maximum atomic E-state index is 13.0. The smallest absolute Gasteiger partial charge is 0.227 e. The third-order valence-electron chi connectivity index (χ3n) is 5.28. The van der Waals surface area contributed by atoms with Gasteiger partial charge in [0.25, 0.3) is 0 Å². The predicted octanol–water partition coefficient (Wildman–Crippen LogP) is 3.92. The second kappa shape index (κ2) is 7.12. The summed E-state index contributed by atoms with van der Waals surface area (Å²) in [5.41, 5.74) is 1.25. The Kier molecular flexibility index (Phi) is 5.12. The van der Waals surface area contributed by atoms with E-state index in [2.05, 4.69) is 59.6 Å². The van der Waals surface area contributed by atoms with Gasteiger partial charge in [-0.05, 0) is 55.1 Å². The molecule has 128 valence electrons. The summed E-state index contributed by atoms with van der Waals surface area (Å²) in [6, 6.07) is 15.6. The number of amides is 1. The van der Waals surface area contributed by atoms with Gasteiger partial charge in [0.2, 0.25) is 5.91 Å². The molecule has 2 aliphatic rings. The van der Waals surface area contributed by atoms with Crippen LogP contribution in [0.5, 0.6) is 0 Å². The van der Waals surface area contributed by atoms with E-state index in [1.807, 2.05) is 0 Å². The summed E-state index contributed by atoms with van der Waals surface area (Å²) < 4.78 is 0. The lowest BCUT2D eigenvalue weighted by Gasteiger charge is -2.32. The molecule has 24 heavy (non-hydrogen) atoms. The summed E-state index contributed by atoms with van der Waals surface area (Å²) in [4.78, 5) is 15.2. The van der Waals surface area contributed by atoms with E-state index >= 15 is 0 Å². The number of carbonyl (C=O) groups is 1. The van der Waals surface area contributed by atoms with Crippen LogP contribution in [-0.4, -0.2) is 29.9 Å². The molecule has 2 unspecified atom stereocenters. The Labute approximate surface area is 149 Å². The van der Waals surface area contributed by atoms with Gasteiger partial charge in [-0.1, -0.05) is 36.4 Å². The third kappa shape index (κ3) is 3.28. The quantitative estimate of drug-likeness (QED) is 0.911. The SMILES string of the molecule is CC(c1ccc2ccccc2c1)N(C(=O)C1CCNC1)C1CC1.Cl. The molecule has 0 spiro atoms. The van der Waals surface area contributed by atoms with Crippen LogP contribution < -0.4 is 5.32 Å². The van der Waals surface area contributed by atoms with Crippen LogP contribution in [0, 0.1) is 5.92 Å². The molecule has 1 aliphatic heterocycles. The van der Waals surface area contributed by atoms with Crippen molar-refractivity contribution in [2.75, 3.05) is 13.1 Å². The van der Waals surface area contributed by atoms with Crippen LogP contribution in [-0.2, 0) is 4.79 Å². The largest absolute Gasteiger partial charge is 0.333 e. The maximum Gasteiger partial charge on any atom is 0.227 e. The number of carbonyl (C=O) groups excluding carboxylic acids is 1. The molecule has 0 radical (unpaired) electrons. The summed E-state index contributed by atoms with van der Waals surface area (Å²) >= 11 is 0. The molecule has 0 aromatic heterocycles. The molecule has 1 N–H and O–H groups in total. The third-order valence-corrected chi connectivity index (χ3v) is 5.28. The average molecular weight is 345 g/mol. The number of benzene rings is 2. The van der Waals surface area contributed by atoms with Crippen molar-refractivity contribution >= 4 is 29.1 Å². The van der Waals surface area contributed by atoms with Gasteiger partial charge in [0.1, 0.15) is 0 Å². The lowest BCUT2D eigenvalue weighted by molar-refractivity contribution is -0.137. The van der Waals surface area contributed by atoms with Crippen LogP contribution in [0.3, 0.4) is 0 Å². The molecule has 2 fully saturated rings. The fraction of sp³-hybridized carbons (Fsp3) is 0.450. The lowest BCUT2D eigenvalue weighted by atomic mass is 9.99. The van der Waals surface area contributed by atoms with Gasteiger partial charge in [0.05, 0.1) is 12.0 Å². The van der Waals surface area contributed by atoms with Crippen molar-refractivity contribution in [3.8, 4) is 0 Å². The molecule has 2 aromatic rings. The highest BCUT2D eigenvalue weighted by molar-refractivity contribution is 5.85. The molecule has 3 nitrogen and oxygen atoms in total. The van der Waals surface area contributed by atoms with Gasteiger partial charge in [0.15, 0.2) is 0 Å². The number of halogens is 1. The summed E-state index contributed by atoms with van der Waals surface area (Å²) in [7, 11) is 0. The zero-order chi connectivity index (χ0) is 15.8. The zero-order valence-corrected chi connectivity index (χ0v) is 14.9. The standard InChI is InChI=1S/C20H24N2O.ClH/c1-14(16-7-6-15-4-2-3-5-17(15)12-16)22(19-8-9-19)20(23)18-10-11-21-13-18;/h2-7,12,14,18-19,21H,8-11,13H2,1H3;1H. The van der Waals surface area contributed by atoms with Gasteiger partial charge in [-0.25, -0.2) is 0 Å². The molecule has 2 atom stereocenters. The predicted molar refractivity (Wildman–Crippen MR) is 100 cm³/mol. The first-order valence-corrected chi connectivity index (χ1v) is 8.75. The van der Waals surface area contributed by atoms with E-state index in [-0.39, 0.29) is 24.4 Å². The Balaban J connectivity index is 0.00000169. The molecular formula is C20H25ClN2O. The molecule has 1 saturated heterocycles. The highest BCUT2D eigenvalue weighted by Crippen LogP contribution is 2.36. The number of fused-ring (bicyclic) bond motifs is 1. The molecule has 2 aromatic carbocycles. The van der Waals surface area contributed by atoms with Gasteiger partial charge < -0.3 is 10.2 Å². The van der Waals surface area contributed by atoms with E-state index in [0.29, 0.717) is 11.9 Å². The summed E-state index contributed by atoms with van der Waals surface area (Å²) in [6.45, 7) is 3.99. The summed E-state index contributed by atoms with van der Waals surface area (Å²) in [5, 5.41) is 5.83. The Bertz CT molecular complexity index is 722. The van der Waals surface area contributed by atoms with Crippen LogP contribution in [0.25, 0.3) is 10.8 Å². The van der Waals surface area contributed by atoms with E-state index in [0.717, 1.165) is 32.4 Å². The van der Waals surface area contributed by atoms with Crippen molar-refractivity contribution in [1.82, 2.24) is 10.2 Å². The number of nitrogens with one attached hydrogen (secondary N) is 1. The van der Waals surface area contributed by atoms with Gasteiger partial charge >= 0.3 is 0 Å². The van der Waals surface area contributed by atoms with E-state index < -0.39 is 0 Å². The highest BCUT2D eigenvalue weighted by Gasteiger charge is 2.39. The fourth-order valence-corrected chi connectivity index (χ4v) is 3.74. The minimum absolute atomic E-state index is 0. The first kappa shape index (κ1) is 17.2. The average Bonchev–Trinajstić information content (AvgIpc) is 3.26. The lowest BCUT2D eigenvalue weighted by Crippen LogP contribution is -2.40. The highest BCUT2D eigenvalue weighted by atomic mass is 35.5. The molecule has 1 amide bonds. The molecule has 4 rings (SSSR count). The Morgan fingerprint density at radius 3 is 2.54 bits per heavy atom. The van der Waals surface area contributed by atoms with E-state index in [9.17, 15) is 4.79 Å². The van der Waals surface area contributed by atoms with E-state index in [4.69, 9.17) is 0 Å². The molecule has 1 heterocycles. The summed E-state index contributed by atoms with van der Waals surface area (Å²) in [6.07, 6.45) is 3.29. The molecule has 0 bridgehead atoms. The van der Waals surface area contributed by atoms with Crippen LogP contribution in [0.15, 0.2) is 42.5 Å². The van der Waals surface area contributed by atoms with Gasteiger partial charge in [-0.15, -0.1) is 12.4 Å². The number of nitrogens with zero attached hydrogens (tertiary/aromatic N) is 1. The van der Waals surface area contributed by atoms with Gasteiger partial charge in [-0.2, -0.15) is 0 Å². The molecule has 1 aliphatic carbocycles. The normalized spacial score (nSPS) is 21.3. The zero-order valence-electron chi connectivity index (χ0n) is 14.1. The maximum absolute atomic E-state index is 13.0. The van der Waals surface area contributed by atoms with E-state index in [1.165, 1.54) is 16.3 Å². The van der Waals surface area contributed by atoms with Crippen molar-refractivity contribution in [3.63, 3.8) is 0 Å². The van der Waals surface area contributed by atoms with Gasteiger partial charge in [0, 0.05) is 12.6 Å². The first-order valence-electron chi connectivity index (χ1n) is 8.75. The molecule has 1 saturated carbocycles. The number of hydrogen-bond acceptors (Lipinski definition) is 2. The van der Waals surface area contributed by atoms with E-state index in [1.54, 1.807) is 0 Å². The van der Waals surface area contributed by atoms with Crippen LogP contribution >= 0.6 is 12.4 Å². The van der Waals surface area contributed by atoms with Crippen molar-refractivity contribution in [2.45, 2.75) is 38.3 Å². The molecule has 4 heteroatoms. The van der Waals surface area contributed by atoms with Crippen LogP contribution in [0.1, 0.15) is 37.8 Å². The Morgan fingerprint density at radius 2 is 1.88 bits per heavy atom. The monoisotopic (exact) mass is 344 g/mol. The van der Waals surface area contributed by atoms with Crippen LogP contribution in [0.4, 0.5) is 0 Å². The van der Waals surface area contributed by atoms with Crippen molar-refractivity contribution in [2.24, 2.45) is 5.92 Å². The second-order valence-electron chi connectivity index (χ2n) is 6.95. The van der Waals surface area contributed by atoms with Crippen molar-refractivity contribution < 1.29 is 4.79 Å². The number of rotatable bonds is 4. The second-order valence-corrected chi connectivity index (χ2v) is 6.95. The Hall–Kier alpha value is -1.58. The van der Waals surface area contributed by atoms with Crippen molar-refractivity contribution in [3.05, 3.63) is 48.0 Å². The summed E-state index contributed by atoms with van der Waals surface area (Å²) in [5.74, 6) is 0.511. The fourth-order valence-electron chi connectivity index (χ4n) is 3.74.